The highest BCUT2D eigenvalue weighted by Gasteiger charge is 2.40. The number of aliphatic hydroxyl groups excluding tert-OH is 2. The van der Waals surface area contributed by atoms with Crippen LogP contribution >= 0.6 is 0 Å². The van der Waals surface area contributed by atoms with Crippen molar-refractivity contribution in [2.24, 2.45) is 0 Å². The smallest absolute Gasteiger partial charge is 0.408 e. The second-order valence-corrected chi connectivity index (χ2v) is 12.3. The summed E-state index contributed by atoms with van der Waals surface area (Å²) in [6.45, 7) is 1.82. The van der Waals surface area contributed by atoms with Gasteiger partial charge in [0.05, 0.1) is 38.4 Å². The number of amides is 3. The van der Waals surface area contributed by atoms with Crippen LogP contribution in [-0.4, -0.2) is 75.8 Å². The third kappa shape index (κ3) is 8.06. The van der Waals surface area contributed by atoms with Crippen molar-refractivity contribution in [1.29, 1.82) is 0 Å². The molecular formula is C36H41N3O8. The number of likely N-dealkylation sites (tertiary alicyclic amines) is 2. The second-order valence-electron chi connectivity index (χ2n) is 12.3. The minimum absolute atomic E-state index is 0.0306. The number of benzene rings is 3. The molecule has 0 radical (unpaired) electrons. The lowest BCUT2D eigenvalue weighted by Crippen LogP contribution is -2.42. The maximum absolute atomic E-state index is 13.0. The van der Waals surface area contributed by atoms with E-state index in [0.717, 1.165) is 52.1 Å². The van der Waals surface area contributed by atoms with Gasteiger partial charge in [-0.15, -0.1) is 0 Å². The van der Waals surface area contributed by atoms with Gasteiger partial charge in [0, 0.05) is 24.6 Å². The quantitative estimate of drug-likeness (QED) is 0.267. The molecule has 3 aromatic carbocycles. The summed E-state index contributed by atoms with van der Waals surface area (Å²) in [6, 6.07) is 23.5. The molecule has 0 aliphatic carbocycles. The molecule has 6 rings (SSSR count). The van der Waals surface area contributed by atoms with Crippen molar-refractivity contribution in [3.8, 4) is 0 Å². The summed E-state index contributed by atoms with van der Waals surface area (Å²) < 4.78 is 18.2. The first kappa shape index (κ1) is 32.8. The van der Waals surface area contributed by atoms with E-state index >= 15 is 0 Å². The first-order valence-electron chi connectivity index (χ1n) is 16.2. The van der Waals surface area contributed by atoms with Crippen LogP contribution in [0.25, 0.3) is 0 Å². The largest absolute Gasteiger partial charge is 0.445 e. The topological polar surface area (TPSA) is 138 Å². The highest BCUT2D eigenvalue weighted by atomic mass is 16.7. The molecule has 3 aromatic rings. The molecule has 3 amide bonds. The van der Waals surface area contributed by atoms with Gasteiger partial charge in [0.15, 0.2) is 6.29 Å². The van der Waals surface area contributed by atoms with Crippen LogP contribution in [0.4, 0.5) is 4.79 Å². The Morgan fingerprint density at radius 3 is 2.34 bits per heavy atom. The number of rotatable bonds is 11. The molecule has 0 aromatic heterocycles. The Hall–Kier alpha value is -4.13. The number of imide groups is 1. The van der Waals surface area contributed by atoms with Crippen LogP contribution in [0, 0.1) is 0 Å². The Labute approximate surface area is 274 Å². The molecule has 248 valence electrons. The lowest BCUT2D eigenvalue weighted by molar-refractivity contribution is -0.253. The fourth-order valence-electron chi connectivity index (χ4n) is 6.47. The number of nitrogens with one attached hydrogen (secondary N) is 1. The molecule has 3 aliphatic heterocycles. The molecule has 5 unspecified atom stereocenters. The minimum atomic E-state index is -0.976. The number of hydrogen-bond acceptors (Lipinski definition) is 9. The van der Waals surface area contributed by atoms with Crippen molar-refractivity contribution < 1.29 is 38.8 Å². The average molecular weight is 644 g/mol. The van der Waals surface area contributed by atoms with Gasteiger partial charge in [0.2, 0.25) is 5.91 Å². The van der Waals surface area contributed by atoms with Crippen LogP contribution in [0.15, 0.2) is 78.9 Å². The van der Waals surface area contributed by atoms with Gasteiger partial charge in [0.1, 0.15) is 12.6 Å². The molecule has 47 heavy (non-hydrogen) atoms. The van der Waals surface area contributed by atoms with Crippen LogP contribution < -0.4 is 5.32 Å². The van der Waals surface area contributed by atoms with E-state index < -0.39 is 24.3 Å². The number of aliphatic hydroxyl groups is 2. The Kier molecular flexibility index (Phi) is 10.6. The molecule has 11 nitrogen and oxygen atoms in total. The third-order valence-electron chi connectivity index (χ3n) is 9.10. The van der Waals surface area contributed by atoms with Gasteiger partial charge in [-0.1, -0.05) is 78.9 Å². The first-order valence-corrected chi connectivity index (χ1v) is 16.2. The van der Waals surface area contributed by atoms with E-state index in [2.05, 4.69) is 10.2 Å². The Morgan fingerprint density at radius 1 is 0.894 bits per heavy atom. The van der Waals surface area contributed by atoms with Crippen molar-refractivity contribution >= 4 is 17.9 Å². The summed E-state index contributed by atoms with van der Waals surface area (Å²) in [5, 5.41) is 21.9. The molecule has 3 heterocycles. The predicted molar refractivity (Wildman–Crippen MR) is 170 cm³/mol. The first-order chi connectivity index (χ1) is 22.9. The zero-order valence-electron chi connectivity index (χ0n) is 26.2. The molecule has 11 heteroatoms. The highest BCUT2D eigenvalue weighted by molar-refractivity contribution is 6.06. The molecule has 5 atom stereocenters. The van der Waals surface area contributed by atoms with Crippen LogP contribution in [0.1, 0.15) is 65.9 Å². The number of hydrogen-bond donors (Lipinski definition) is 3. The number of alkyl carbamates (subject to hydrolysis) is 1. The molecule has 0 spiro atoms. The predicted octanol–water partition coefficient (Wildman–Crippen LogP) is 3.73. The van der Waals surface area contributed by atoms with Gasteiger partial charge in [-0.25, -0.2) is 4.79 Å². The van der Waals surface area contributed by atoms with Crippen LogP contribution in [0.3, 0.4) is 0 Å². The molecule has 0 bridgehead atoms. The van der Waals surface area contributed by atoms with Crippen molar-refractivity contribution in [1.82, 2.24) is 15.1 Å². The normalized spacial score (nSPS) is 24.9. The number of ether oxygens (including phenoxy) is 3. The third-order valence-corrected chi connectivity index (χ3v) is 9.10. The second kappa shape index (κ2) is 15.2. The van der Waals surface area contributed by atoms with Crippen molar-refractivity contribution in [2.45, 2.75) is 76.0 Å². The SMILES string of the molecule is O=C(NC1CC(=O)N(Cc2ccc(C3OC(CN4CCCC4CO)CC(c4ccc(CO)cc4)O3)cc2)C1=O)OCc1ccccc1. The van der Waals surface area contributed by atoms with Crippen molar-refractivity contribution in [3.05, 3.63) is 107 Å². The Balaban J connectivity index is 1.09. The fraction of sp³-hybridized carbons (Fsp3) is 0.417. The van der Waals surface area contributed by atoms with Gasteiger partial charge in [0.25, 0.3) is 5.91 Å². The van der Waals surface area contributed by atoms with E-state index in [1.165, 1.54) is 0 Å². The van der Waals surface area contributed by atoms with Gasteiger partial charge in [-0.05, 0) is 41.6 Å². The Morgan fingerprint density at radius 2 is 1.62 bits per heavy atom. The molecule has 0 saturated carbocycles. The number of nitrogens with zero attached hydrogens (tertiary/aromatic N) is 2. The molecular weight excluding hydrogens is 602 g/mol. The maximum Gasteiger partial charge on any atom is 0.408 e. The molecule has 3 aliphatic rings. The number of carbonyl (C=O) groups excluding carboxylic acids is 3. The molecule has 3 N–H and O–H groups in total. The minimum Gasteiger partial charge on any atom is -0.445 e. The van der Waals surface area contributed by atoms with E-state index in [-0.39, 0.29) is 56.9 Å². The van der Waals surface area contributed by atoms with Crippen molar-refractivity contribution in [2.75, 3.05) is 19.7 Å². The lowest BCUT2D eigenvalue weighted by Gasteiger charge is -2.38. The van der Waals surface area contributed by atoms with E-state index in [0.29, 0.717) is 13.0 Å². The van der Waals surface area contributed by atoms with Crippen molar-refractivity contribution in [3.63, 3.8) is 0 Å². The van der Waals surface area contributed by atoms with E-state index in [9.17, 15) is 24.6 Å². The van der Waals surface area contributed by atoms with Gasteiger partial charge in [-0.3, -0.25) is 19.4 Å². The highest BCUT2D eigenvalue weighted by Crippen LogP contribution is 2.39. The van der Waals surface area contributed by atoms with E-state index in [1.807, 2.05) is 78.9 Å². The number of carbonyl (C=O) groups is 3. The fourth-order valence-corrected chi connectivity index (χ4v) is 6.47. The van der Waals surface area contributed by atoms with Gasteiger partial charge >= 0.3 is 6.09 Å². The van der Waals surface area contributed by atoms with Gasteiger partial charge < -0.3 is 29.7 Å². The molecule has 3 saturated heterocycles. The summed E-state index contributed by atoms with van der Waals surface area (Å²) in [7, 11) is 0. The standard InChI is InChI=1S/C36H41N3O8/c40-21-25-10-12-27(13-11-25)32-17-30(20-38-16-4-7-29(38)22-41)46-35(47-32)28-14-8-24(9-15-28)19-39-33(42)18-31(34(39)43)37-36(44)45-23-26-5-2-1-3-6-26/h1-3,5-6,8-15,29-32,35,40-41H,4,7,16-23H2,(H,37,44). The summed E-state index contributed by atoms with van der Waals surface area (Å²) in [6.07, 6.45) is 0.767. The van der Waals surface area contributed by atoms with Crippen LogP contribution in [0.2, 0.25) is 0 Å². The van der Waals surface area contributed by atoms with Crippen LogP contribution in [-0.2, 0) is 43.6 Å². The van der Waals surface area contributed by atoms with E-state index in [1.54, 1.807) is 0 Å². The zero-order chi connectivity index (χ0) is 32.8. The maximum atomic E-state index is 13.0. The van der Waals surface area contributed by atoms with Gasteiger partial charge in [-0.2, -0.15) is 0 Å². The summed E-state index contributed by atoms with van der Waals surface area (Å²) in [4.78, 5) is 41.5. The zero-order valence-corrected chi connectivity index (χ0v) is 26.2. The summed E-state index contributed by atoms with van der Waals surface area (Å²) in [5.41, 5.74) is 4.18. The van der Waals surface area contributed by atoms with E-state index in [4.69, 9.17) is 14.2 Å². The van der Waals surface area contributed by atoms with Crippen LogP contribution in [0.5, 0.6) is 0 Å². The lowest BCUT2D eigenvalue weighted by atomic mass is 9.99. The Bertz CT molecular complexity index is 1520. The summed E-state index contributed by atoms with van der Waals surface area (Å²) >= 11 is 0. The average Bonchev–Trinajstić information content (AvgIpc) is 3.66. The monoisotopic (exact) mass is 643 g/mol. The summed E-state index contributed by atoms with van der Waals surface area (Å²) in [5.74, 6) is -0.844. The molecule has 3 fully saturated rings.